The number of ether oxygens (including phenoxy) is 3. The zero-order chi connectivity index (χ0) is 25.3. The van der Waals surface area contributed by atoms with Crippen LogP contribution >= 0.6 is 22.9 Å². The highest BCUT2D eigenvalue weighted by atomic mass is 35.5. The first-order valence-corrected chi connectivity index (χ1v) is 11.9. The van der Waals surface area contributed by atoms with Crippen LogP contribution in [0.4, 0.5) is 0 Å². The molecular weight excluding hydrogens is 492 g/mol. The van der Waals surface area contributed by atoms with Crippen LogP contribution in [-0.4, -0.2) is 36.5 Å². The summed E-state index contributed by atoms with van der Waals surface area (Å²) in [6, 6.07) is 8.98. The van der Waals surface area contributed by atoms with Crippen molar-refractivity contribution in [3.63, 3.8) is 0 Å². The van der Waals surface area contributed by atoms with Gasteiger partial charge in [0.25, 0.3) is 5.56 Å². The van der Waals surface area contributed by atoms with Gasteiger partial charge in [-0.3, -0.25) is 9.36 Å². The number of phenolic OH excluding ortho intramolecular Hbond substituents is 1. The first-order valence-electron chi connectivity index (χ1n) is 10.7. The van der Waals surface area contributed by atoms with Gasteiger partial charge in [0.05, 0.1) is 42.7 Å². The third kappa shape index (κ3) is 4.56. The van der Waals surface area contributed by atoms with Crippen molar-refractivity contribution in [3.8, 4) is 17.2 Å². The summed E-state index contributed by atoms with van der Waals surface area (Å²) in [5.41, 5.74) is 1.34. The molecule has 182 valence electrons. The van der Waals surface area contributed by atoms with Gasteiger partial charge in [-0.1, -0.05) is 29.0 Å². The van der Waals surface area contributed by atoms with Crippen molar-refractivity contribution < 1.29 is 24.1 Å². The zero-order valence-corrected chi connectivity index (χ0v) is 21.1. The predicted octanol–water partition coefficient (Wildman–Crippen LogP) is 3.17. The molecule has 0 radical (unpaired) electrons. The Morgan fingerprint density at radius 1 is 1.20 bits per heavy atom. The van der Waals surface area contributed by atoms with E-state index in [1.807, 2.05) is 0 Å². The Morgan fingerprint density at radius 2 is 1.94 bits per heavy atom. The first kappa shape index (κ1) is 24.6. The summed E-state index contributed by atoms with van der Waals surface area (Å²) in [6.45, 7) is 3.60. The summed E-state index contributed by atoms with van der Waals surface area (Å²) in [4.78, 5) is 31.6. The summed E-state index contributed by atoms with van der Waals surface area (Å²) >= 11 is 7.22. The molecule has 0 spiro atoms. The largest absolute Gasteiger partial charge is 0.507 e. The Hall–Kier alpha value is -3.56. The SMILES string of the molecule is CCOC(=O)C1=C(C)N=c2s/c(=C/c3cc(Cl)ccc3O)c(=O)n2C1c1ccc(OC)c(OC)c1. The normalized spacial score (nSPS) is 15.5. The molecule has 0 saturated carbocycles. The lowest BCUT2D eigenvalue weighted by Gasteiger charge is -2.25. The molecular formula is C25H23ClN2O6S. The highest BCUT2D eigenvalue weighted by molar-refractivity contribution is 7.07. The molecule has 8 nitrogen and oxygen atoms in total. The van der Waals surface area contributed by atoms with E-state index in [0.29, 0.717) is 42.7 Å². The molecule has 1 aliphatic heterocycles. The van der Waals surface area contributed by atoms with Gasteiger partial charge in [0.1, 0.15) is 5.75 Å². The molecule has 1 N–H and O–H groups in total. The average molecular weight is 515 g/mol. The maximum Gasteiger partial charge on any atom is 0.338 e. The quantitative estimate of drug-likeness (QED) is 0.507. The predicted molar refractivity (Wildman–Crippen MR) is 133 cm³/mol. The summed E-state index contributed by atoms with van der Waals surface area (Å²) in [5, 5.41) is 10.7. The monoisotopic (exact) mass is 514 g/mol. The van der Waals surface area contributed by atoms with Crippen LogP contribution in [0.15, 0.2) is 57.5 Å². The number of aromatic nitrogens is 1. The van der Waals surface area contributed by atoms with Gasteiger partial charge in [0, 0.05) is 10.6 Å². The maximum absolute atomic E-state index is 13.6. The lowest BCUT2D eigenvalue weighted by Crippen LogP contribution is -2.40. The molecule has 0 saturated heterocycles. The van der Waals surface area contributed by atoms with E-state index in [9.17, 15) is 14.7 Å². The number of aromatic hydroxyl groups is 1. The molecule has 1 atom stereocenters. The van der Waals surface area contributed by atoms with Crippen LogP contribution in [0.25, 0.3) is 6.08 Å². The second-order valence-corrected chi connectivity index (χ2v) is 9.07. The number of rotatable bonds is 6. The number of halogens is 1. The highest BCUT2D eigenvalue weighted by Crippen LogP contribution is 2.36. The topological polar surface area (TPSA) is 99.4 Å². The Morgan fingerprint density at radius 3 is 2.63 bits per heavy atom. The van der Waals surface area contributed by atoms with E-state index in [0.717, 1.165) is 11.3 Å². The number of hydrogen-bond donors (Lipinski definition) is 1. The van der Waals surface area contributed by atoms with E-state index in [4.69, 9.17) is 25.8 Å². The fourth-order valence-corrected chi connectivity index (χ4v) is 5.13. The van der Waals surface area contributed by atoms with Crippen LogP contribution in [0.1, 0.15) is 31.0 Å². The van der Waals surface area contributed by atoms with Crippen LogP contribution in [0.5, 0.6) is 17.2 Å². The van der Waals surface area contributed by atoms with Crippen LogP contribution in [-0.2, 0) is 9.53 Å². The molecule has 0 bridgehead atoms. The van der Waals surface area contributed by atoms with Gasteiger partial charge in [-0.05, 0) is 55.8 Å². The zero-order valence-electron chi connectivity index (χ0n) is 19.5. The van der Waals surface area contributed by atoms with Crippen molar-refractivity contribution in [3.05, 3.63) is 83.5 Å². The van der Waals surface area contributed by atoms with Crippen molar-refractivity contribution >= 4 is 35.0 Å². The van der Waals surface area contributed by atoms with Gasteiger partial charge in [-0.15, -0.1) is 0 Å². The number of thiazole rings is 1. The number of fused-ring (bicyclic) bond motifs is 1. The van der Waals surface area contributed by atoms with E-state index in [1.54, 1.807) is 50.3 Å². The van der Waals surface area contributed by atoms with E-state index < -0.39 is 12.0 Å². The van der Waals surface area contributed by atoms with Crippen LogP contribution in [0, 0.1) is 0 Å². The van der Waals surface area contributed by atoms with Gasteiger partial charge in [0.2, 0.25) is 0 Å². The van der Waals surface area contributed by atoms with Crippen molar-refractivity contribution in [2.45, 2.75) is 19.9 Å². The molecule has 2 heterocycles. The maximum atomic E-state index is 13.6. The Bertz CT molecular complexity index is 1520. The third-order valence-corrected chi connectivity index (χ3v) is 6.73. The summed E-state index contributed by atoms with van der Waals surface area (Å²) in [7, 11) is 3.04. The standard InChI is InChI=1S/C25H23ClN2O6S/c1-5-34-24(31)21-13(2)27-25-28(22(21)14-6-9-18(32-3)19(11-14)33-4)23(30)20(35-25)12-15-10-16(26)7-8-17(15)29/h6-12,22,29H,5H2,1-4H3/b20-12+. The summed E-state index contributed by atoms with van der Waals surface area (Å²) < 4.78 is 17.9. The second kappa shape index (κ2) is 9.97. The van der Waals surface area contributed by atoms with Crippen molar-refractivity contribution in [1.29, 1.82) is 0 Å². The average Bonchev–Trinajstić information content (AvgIpc) is 3.14. The first-order chi connectivity index (χ1) is 16.8. The fraction of sp³-hybridized carbons (Fsp3) is 0.240. The molecule has 1 aromatic heterocycles. The molecule has 4 rings (SSSR count). The molecule has 1 aliphatic rings. The van der Waals surface area contributed by atoms with Crippen LogP contribution in [0.2, 0.25) is 5.02 Å². The minimum atomic E-state index is -0.805. The van der Waals surface area contributed by atoms with Crippen LogP contribution < -0.4 is 24.4 Å². The molecule has 10 heteroatoms. The smallest absolute Gasteiger partial charge is 0.338 e. The van der Waals surface area contributed by atoms with Gasteiger partial charge < -0.3 is 19.3 Å². The van der Waals surface area contributed by atoms with Crippen molar-refractivity contribution in [2.24, 2.45) is 4.99 Å². The number of esters is 1. The Kier molecular flexibility index (Phi) is 7.00. The summed E-state index contributed by atoms with van der Waals surface area (Å²) in [5.74, 6) is 0.391. The van der Waals surface area contributed by atoms with Crippen LogP contribution in [0.3, 0.4) is 0 Å². The lowest BCUT2D eigenvalue weighted by atomic mass is 9.95. The van der Waals surface area contributed by atoms with E-state index >= 15 is 0 Å². The van der Waals surface area contributed by atoms with Gasteiger partial charge in [0.15, 0.2) is 16.3 Å². The van der Waals surface area contributed by atoms with E-state index in [1.165, 1.54) is 24.9 Å². The Balaban J connectivity index is 1.99. The molecule has 0 aliphatic carbocycles. The number of carbonyl (C=O) groups is 1. The molecule has 0 fully saturated rings. The van der Waals surface area contributed by atoms with Crippen molar-refractivity contribution in [2.75, 3.05) is 20.8 Å². The number of allylic oxidation sites excluding steroid dienone is 1. The minimum Gasteiger partial charge on any atom is -0.507 e. The van der Waals surface area contributed by atoms with Gasteiger partial charge in [-0.2, -0.15) is 0 Å². The molecule has 0 amide bonds. The number of nitrogens with zero attached hydrogens (tertiary/aromatic N) is 2. The summed E-state index contributed by atoms with van der Waals surface area (Å²) in [6.07, 6.45) is 1.56. The number of phenols is 1. The van der Waals surface area contributed by atoms with Crippen molar-refractivity contribution in [1.82, 2.24) is 4.57 Å². The second-order valence-electron chi connectivity index (χ2n) is 7.62. The number of hydrogen-bond acceptors (Lipinski definition) is 8. The van der Waals surface area contributed by atoms with Gasteiger partial charge >= 0.3 is 5.97 Å². The molecule has 35 heavy (non-hydrogen) atoms. The number of methoxy groups -OCH3 is 2. The highest BCUT2D eigenvalue weighted by Gasteiger charge is 2.34. The Labute approximate surface area is 210 Å². The number of benzene rings is 2. The van der Waals surface area contributed by atoms with E-state index in [-0.39, 0.29) is 23.5 Å². The van der Waals surface area contributed by atoms with Gasteiger partial charge in [-0.25, -0.2) is 9.79 Å². The number of carbonyl (C=O) groups excluding carboxylic acids is 1. The molecule has 1 unspecified atom stereocenters. The van der Waals surface area contributed by atoms with E-state index in [2.05, 4.69) is 4.99 Å². The third-order valence-electron chi connectivity index (χ3n) is 5.52. The lowest BCUT2D eigenvalue weighted by molar-refractivity contribution is -0.139. The molecule has 2 aromatic carbocycles. The minimum absolute atomic E-state index is 0.0138. The molecule has 3 aromatic rings. The fourth-order valence-electron chi connectivity index (χ4n) is 3.91.